The first-order valence-electron chi connectivity index (χ1n) is 6.01. The average molecular weight is 313 g/mol. The molecule has 0 aromatic heterocycles. The molecule has 1 aliphatic heterocycles. The third-order valence-corrected chi connectivity index (χ3v) is 3.84. The lowest BCUT2D eigenvalue weighted by Gasteiger charge is -2.20. The van der Waals surface area contributed by atoms with E-state index in [1.165, 1.54) is 0 Å². The quantitative estimate of drug-likeness (QED) is 0.929. The number of carbonyl (C=O) groups is 1. The van der Waals surface area contributed by atoms with Gasteiger partial charge in [-0.1, -0.05) is 6.07 Å². The van der Waals surface area contributed by atoms with Gasteiger partial charge in [-0.25, -0.2) is 0 Å². The first kappa shape index (κ1) is 13.4. The van der Waals surface area contributed by atoms with Crippen molar-refractivity contribution in [3.05, 3.63) is 28.2 Å². The van der Waals surface area contributed by atoms with Crippen molar-refractivity contribution in [1.29, 1.82) is 0 Å². The summed E-state index contributed by atoms with van der Waals surface area (Å²) in [5.41, 5.74) is 6.83. The van der Waals surface area contributed by atoms with E-state index in [1.54, 1.807) is 7.11 Å². The average Bonchev–Trinajstić information content (AvgIpc) is 2.90. The fourth-order valence-electron chi connectivity index (χ4n) is 2.15. The van der Waals surface area contributed by atoms with E-state index in [1.807, 2.05) is 23.1 Å². The van der Waals surface area contributed by atoms with Gasteiger partial charge < -0.3 is 15.4 Å². The van der Waals surface area contributed by atoms with Crippen LogP contribution in [0.5, 0.6) is 5.75 Å². The molecule has 1 heterocycles. The van der Waals surface area contributed by atoms with Gasteiger partial charge in [0.25, 0.3) is 0 Å². The smallest absolute Gasteiger partial charge is 0.244 e. The maximum Gasteiger partial charge on any atom is 0.244 e. The first-order valence-corrected chi connectivity index (χ1v) is 6.80. The summed E-state index contributed by atoms with van der Waals surface area (Å²) in [5, 5.41) is 0. The Kier molecular flexibility index (Phi) is 4.24. The van der Waals surface area contributed by atoms with Gasteiger partial charge in [-0.3, -0.25) is 4.79 Å². The van der Waals surface area contributed by atoms with Crippen molar-refractivity contribution in [3.8, 4) is 5.75 Å². The molecular weight excluding hydrogens is 296 g/mol. The molecule has 1 saturated heterocycles. The molecule has 1 fully saturated rings. The monoisotopic (exact) mass is 312 g/mol. The lowest BCUT2D eigenvalue weighted by atomic mass is 10.1. The molecule has 5 heteroatoms. The van der Waals surface area contributed by atoms with Crippen LogP contribution in [0.15, 0.2) is 22.7 Å². The summed E-state index contributed by atoms with van der Waals surface area (Å²) < 4.78 is 5.97. The van der Waals surface area contributed by atoms with Crippen LogP contribution in [-0.2, 0) is 4.79 Å². The summed E-state index contributed by atoms with van der Waals surface area (Å²) in [6.45, 7) is 1.65. The van der Waals surface area contributed by atoms with Gasteiger partial charge in [-0.2, -0.15) is 0 Å². The third-order valence-electron chi connectivity index (χ3n) is 3.22. The molecule has 18 heavy (non-hydrogen) atoms. The summed E-state index contributed by atoms with van der Waals surface area (Å²) in [6.07, 6.45) is 2.15. The van der Waals surface area contributed by atoms with Crippen LogP contribution >= 0.6 is 15.9 Å². The Morgan fingerprint density at radius 3 is 2.67 bits per heavy atom. The van der Waals surface area contributed by atoms with Crippen LogP contribution in [0, 0.1) is 0 Å². The highest BCUT2D eigenvalue weighted by Gasteiger charge is 2.25. The fraction of sp³-hybridized carbons (Fsp3) is 0.462. The minimum absolute atomic E-state index is 0.00423. The van der Waals surface area contributed by atoms with Crippen LogP contribution < -0.4 is 10.5 Å². The van der Waals surface area contributed by atoms with Crippen molar-refractivity contribution in [1.82, 2.24) is 4.90 Å². The van der Waals surface area contributed by atoms with Crippen molar-refractivity contribution in [2.45, 2.75) is 18.9 Å². The second-order valence-corrected chi connectivity index (χ2v) is 5.26. The second kappa shape index (κ2) is 5.71. The summed E-state index contributed by atoms with van der Waals surface area (Å²) in [6, 6.07) is 4.90. The normalized spacial score (nSPS) is 16.7. The third kappa shape index (κ3) is 2.67. The topological polar surface area (TPSA) is 55.6 Å². The number of benzene rings is 1. The van der Waals surface area contributed by atoms with E-state index in [2.05, 4.69) is 15.9 Å². The van der Waals surface area contributed by atoms with E-state index in [0.717, 1.165) is 41.7 Å². The van der Waals surface area contributed by atoms with Crippen LogP contribution in [0.1, 0.15) is 24.4 Å². The van der Waals surface area contributed by atoms with Gasteiger partial charge in [-0.05, 0) is 46.5 Å². The number of nitrogens with zero attached hydrogens (tertiary/aromatic N) is 1. The van der Waals surface area contributed by atoms with Crippen molar-refractivity contribution >= 4 is 21.8 Å². The molecule has 1 aliphatic rings. The number of ether oxygens (including phenoxy) is 1. The highest BCUT2D eigenvalue weighted by Crippen LogP contribution is 2.28. The Bertz CT molecular complexity index is 445. The van der Waals surface area contributed by atoms with Gasteiger partial charge in [0.2, 0.25) is 5.91 Å². The molecule has 0 saturated carbocycles. The molecule has 0 spiro atoms. The zero-order valence-electron chi connectivity index (χ0n) is 10.4. The molecule has 0 radical (unpaired) electrons. The van der Waals surface area contributed by atoms with Crippen LogP contribution in [0.2, 0.25) is 0 Å². The number of likely N-dealkylation sites (tertiary alicyclic amines) is 1. The van der Waals surface area contributed by atoms with Gasteiger partial charge in [0.05, 0.1) is 11.6 Å². The SMILES string of the molecule is COc1ccc(C(N)C(=O)N2CCCC2)cc1Br. The number of nitrogens with two attached hydrogens (primary N) is 1. The lowest BCUT2D eigenvalue weighted by molar-refractivity contribution is -0.131. The number of halogens is 1. The van der Waals surface area contributed by atoms with Crippen molar-refractivity contribution in [2.75, 3.05) is 20.2 Å². The molecule has 0 aliphatic carbocycles. The molecule has 1 unspecified atom stereocenters. The number of amides is 1. The number of rotatable bonds is 3. The molecule has 98 valence electrons. The minimum atomic E-state index is -0.592. The molecule has 1 aromatic carbocycles. The van der Waals surface area contributed by atoms with Gasteiger partial charge in [-0.15, -0.1) is 0 Å². The number of methoxy groups -OCH3 is 1. The first-order chi connectivity index (χ1) is 8.63. The van der Waals surface area contributed by atoms with Crippen molar-refractivity contribution in [2.24, 2.45) is 5.73 Å². The number of hydrogen-bond acceptors (Lipinski definition) is 3. The fourth-order valence-corrected chi connectivity index (χ4v) is 2.71. The predicted molar refractivity (Wildman–Crippen MR) is 73.4 cm³/mol. The maximum atomic E-state index is 12.2. The Balaban J connectivity index is 2.15. The minimum Gasteiger partial charge on any atom is -0.496 e. The Labute approximate surface area is 115 Å². The molecule has 4 nitrogen and oxygen atoms in total. The second-order valence-electron chi connectivity index (χ2n) is 4.40. The molecular formula is C13H17BrN2O2. The van der Waals surface area contributed by atoms with Crippen LogP contribution in [0.3, 0.4) is 0 Å². The zero-order valence-corrected chi connectivity index (χ0v) is 11.9. The summed E-state index contributed by atoms with van der Waals surface area (Å²) in [4.78, 5) is 14.0. The Morgan fingerprint density at radius 2 is 2.11 bits per heavy atom. The standard InChI is InChI=1S/C13H17BrN2O2/c1-18-11-5-4-9(8-10(11)14)12(15)13(17)16-6-2-3-7-16/h4-5,8,12H,2-3,6-7,15H2,1H3. The predicted octanol–water partition coefficient (Wildman–Crippen LogP) is 2.08. The van der Waals surface area contributed by atoms with Gasteiger partial charge in [0.15, 0.2) is 0 Å². The highest BCUT2D eigenvalue weighted by atomic mass is 79.9. The highest BCUT2D eigenvalue weighted by molar-refractivity contribution is 9.10. The van der Waals surface area contributed by atoms with E-state index in [-0.39, 0.29) is 5.91 Å². The largest absolute Gasteiger partial charge is 0.496 e. The maximum absolute atomic E-state index is 12.2. The zero-order chi connectivity index (χ0) is 13.1. The molecule has 2 rings (SSSR count). The van der Waals surface area contributed by atoms with Crippen LogP contribution in [0.25, 0.3) is 0 Å². The van der Waals surface area contributed by atoms with Crippen LogP contribution in [0.4, 0.5) is 0 Å². The molecule has 1 amide bonds. The molecule has 0 bridgehead atoms. The van der Waals surface area contributed by atoms with Gasteiger partial charge in [0, 0.05) is 13.1 Å². The number of carbonyl (C=O) groups excluding carboxylic acids is 1. The van der Waals surface area contributed by atoms with Crippen molar-refractivity contribution < 1.29 is 9.53 Å². The summed E-state index contributed by atoms with van der Waals surface area (Å²) in [5.74, 6) is 0.740. The van der Waals surface area contributed by atoms with Gasteiger partial charge in [0.1, 0.15) is 11.8 Å². The van der Waals surface area contributed by atoms with E-state index in [9.17, 15) is 4.79 Å². The molecule has 2 N–H and O–H groups in total. The van der Waals surface area contributed by atoms with Crippen molar-refractivity contribution in [3.63, 3.8) is 0 Å². The van der Waals surface area contributed by atoms with Crippen LogP contribution in [-0.4, -0.2) is 31.0 Å². The lowest BCUT2D eigenvalue weighted by Crippen LogP contribution is -2.36. The Morgan fingerprint density at radius 1 is 1.44 bits per heavy atom. The van der Waals surface area contributed by atoms with E-state index >= 15 is 0 Å². The van der Waals surface area contributed by atoms with E-state index in [0.29, 0.717) is 0 Å². The molecule has 1 aromatic rings. The van der Waals surface area contributed by atoms with E-state index < -0.39 is 6.04 Å². The summed E-state index contributed by atoms with van der Waals surface area (Å²) >= 11 is 3.40. The van der Waals surface area contributed by atoms with Gasteiger partial charge >= 0.3 is 0 Å². The number of hydrogen-bond donors (Lipinski definition) is 1. The molecule has 1 atom stereocenters. The Hall–Kier alpha value is -1.07. The van der Waals surface area contributed by atoms with E-state index in [4.69, 9.17) is 10.5 Å². The summed E-state index contributed by atoms with van der Waals surface area (Å²) in [7, 11) is 1.61.